The smallest absolute Gasteiger partial charge is 0.240 e. The summed E-state index contributed by atoms with van der Waals surface area (Å²) in [7, 11) is 0. The molecule has 1 aliphatic heterocycles. The first-order valence-corrected chi connectivity index (χ1v) is 9.39. The van der Waals surface area contributed by atoms with E-state index < -0.39 is 5.25 Å². The summed E-state index contributed by atoms with van der Waals surface area (Å²) >= 11 is 1.21. The minimum atomic E-state index is -0.510. The van der Waals surface area contributed by atoms with Crippen LogP contribution >= 0.6 is 11.8 Å². The van der Waals surface area contributed by atoms with E-state index in [1.165, 1.54) is 17.3 Å². The Hall–Kier alpha value is -2.93. The highest BCUT2D eigenvalue weighted by Crippen LogP contribution is 2.23. The van der Waals surface area contributed by atoms with E-state index in [0.717, 1.165) is 11.1 Å². The van der Waals surface area contributed by atoms with Gasteiger partial charge in [0.25, 0.3) is 0 Å². The standard InChI is InChI=1S/C20H20N4O2S/c1-13-3-7-15(8-4-13)12-21-24-20-23-19(26)17(27-20)11-18(25)22-16-9-5-14(2)6-10-16/h3-10,12,17H,11H2,1-2H3,(H,22,25)(H,23,24,26)/b21-12+. The van der Waals surface area contributed by atoms with Gasteiger partial charge in [-0.3, -0.25) is 9.59 Å². The maximum absolute atomic E-state index is 12.2. The molecule has 1 atom stereocenters. The van der Waals surface area contributed by atoms with Crippen LogP contribution < -0.4 is 10.6 Å². The molecule has 0 bridgehead atoms. The van der Waals surface area contributed by atoms with Crippen LogP contribution in [0.25, 0.3) is 0 Å². The molecule has 7 heteroatoms. The minimum Gasteiger partial charge on any atom is -0.326 e. The number of hydrogen-bond donors (Lipinski definition) is 2. The summed E-state index contributed by atoms with van der Waals surface area (Å²) in [4.78, 5) is 24.2. The predicted octanol–water partition coefficient (Wildman–Crippen LogP) is 3.25. The van der Waals surface area contributed by atoms with Crippen molar-refractivity contribution in [1.82, 2.24) is 5.32 Å². The van der Waals surface area contributed by atoms with E-state index in [0.29, 0.717) is 10.9 Å². The number of nitrogens with zero attached hydrogens (tertiary/aromatic N) is 2. The minimum absolute atomic E-state index is 0.0745. The second-order valence-corrected chi connectivity index (χ2v) is 7.47. The number of aryl methyl sites for hydroxylation is 2. The molecule has 1 aliphatic rings. The fourth-order valence-corrected chi connectivity index (χ4v) is 3.33. The zero-order valence-corrected chi connectivity index (χ0v) is 15.9. The van der Waals surface area contributed by atoms with Crippen molar-refractivity contribution in [3.63, 3.8) is 0 Å². The second-order valence-electron chi connectivity index (χ2n) is 6.27. The number of hydrogen-bond acceptors (Lipinski definition) is 5. The summed E-state index contributed by atoms with van der Waals surface area (Å²) in [5.41, 5.74) is 3.92. The van der Waals surface area contributed by atoms with Crippen LogP contribution in [0.1, 0.15) is 23.1 Å². The highest BCUT2D eigenvalue weighted by Gasteiger charge is 2.32. The number of carbonyl (C=O) groups is 2. The van der Waals surface area contributed by atoms with E-state index in [1.54, 1.807) is 6.21 Å². The number of thioether (sulfide) groups is 1. The molecule has 2 aromatic carbocycles. The third kappa shape index (κ3) is 5.52. The molecule has 1 saturated heterocycles. The van der Waals surface area contributed by atoms with Crippen LogP contribution in [0.3, 0.4) is 0 Å². The molecule has 27 heavy (non-hydrogen) atoms. The monoisotopic (exact) mass is 380 g/mol. The molecule has 1 heterocycles. The molecular weight excluding hydrogens is 360 g/mol. The quantitative estimate of drug-likeness (QED) is 0.617. The van der Waals surface area contributed by atoms with Gasteiger partial charge in [-0.2, -0.15) is 5.10 Å². The molecule has 1 fully saturated rings. The van der Waals surface area contributed by atoms with Crippen molar-refractivity contribution in [1.29, 1.82) is 0 Å². The van der Waals surface area contributed by atoms with Crippen LogP contribution in [0.4, 0.5) is 5.69 Å². The fourth-order valence-electron chi connectivity index (χ4n) is 2.40. The molecule has 3 rings (SSSR count). The Labute approximate surface area is 162 Å². The largest absolute Gasteiger partial charge is 0.326 e. The Morgan fingerprint density at radius 2 is 1.74 bits per heavy atom. The Balaban J connectivity index is 1.54. The molecule has 2 aromatic rings. The lowest BCUT2D eigenvalue weighted by molar-refractivity contribution is -0.122. The topological polar surface area (TPSA) is 82.9 Å². The molecule has 0 radical (unpaired) electrons. The maximum atomic E-state index is 12.2. The van der Waals surface area contributed by atoms with Crippen LogP contribution in [0.5, 0.6) is 0 Å². The van der Waals surface area contributed by atoms with E-state index in [1.807, 2.05) is 62.4 Å². The molecule has 1 unspecified atom stereocenters. The summed E-state index contributed by atoms with van der Waals surface area (Å²) in [6.45, 7) is 3.99. The van der Waals surface area contributed by atoms with E-state index in [2.05, 4.69) is 20.8 Å². The lowest BCUT2D eigenvalue weighted by atomic mass is 10.2. The van der Waals surface area contributed by atoms with Crippen molar-refractivity contribution in [2.24, 2.45) is 10.2 Å². The van der Waals surface area contributed by atoms with Gasteiger partial charge in [-0.05, 0) is 31.5 Å². The molecule has 2 N–H and O–H groups in total. The van der Waals surface area contributed by atoms with Gasteiger partial charge in [-0.25, -0.2) is 0 Å². The lowest BCUT2D eigenvalue weighted by Gasteiger charge is -2.07. The van der Waals surface area contributed by atoms with Crippen LogP contribution in [0.2, 0.25) is 0 Å². The Morgan fingerprint density at radius 3 is 2.41 bits per heavy atom. The number of benzene rings is 2. The Morgan fingerprint density at radius 1 is 1.11 bits per heavy atom. The molecule has 6 nitrogen and oxygen atoms in total. The summed E-state index contributed by atoms with van der Waals surface area (Å²) in [6.07, 6.45) is 1.70. The third-order valence-corrected chi connectivity index (χ3v) is 4.99. The molecule has 138 valence electrons. The normalized spacial score (nSPS) is 18.1. The predicted molar refractivity (Wildman–Crippen MR) is 110 cm³/mol. The number of anilines is 1. The number of carbonyl (C=O) groups excluding carboxylic acids is 2. The van der Waals surface area contributed by atoms with Gasteiger partial charge in [0.1, 0.15) is 5.25 Å². The highest BCUT2D eigenvalue weighted by molar-refractivity contribution is 8.15. The summed E-state index contributed by atoms with van der Waals surface area (Å²) in [5, 5.41) is 13.4. The average molecular weight is 380 g/mol. The Kier molecular flexibility index (Phi) is 6.03. The first-order valence-electron chi connectivity index (χ1n) is 8.51. The van der Waals surface area contributed by atoms with Gasteiger partial charge in [0, 0.05) is 12.1 Å². The van der Waals surface area contributed by atoms with Crippen molar-refractivity contribution in [2.45, 2.75) is 25.5 Å². The van der Waals surface area contributed by atoms with Crippen molar-refractivity contribution in [3.05, 3.63) is 65.2 Å². The summed E-state index contributed by atoms with van der Waals surface area (Å²) in [5.74, 6) is -0.445. The Bertz CT molecular complexity index is 889. The van der Waals surface area contributed by atoms with Crippen molar-refractivity contribution < 1.29 is 9.59 Å². The van der Waals surface area contributed by atoms with Crippen molar-refractivity contribution >= 4 is 40.6 Å². The van der Waals surface area contributed by atoms with E-state index in [-0.39, 0.29) is 18.2 Å². The molecule has 0 aliphatic carbocycles. The van der Waals surface area contributed by atoms with Gasteiger partial charge >= 0.3 is 0 Å². The summed E-state index contributed by atoms with van der Waals surface area (Å²) < 4.78 is 0. The van der Waals surface area contributed by atoms with Gasteiger partial charge < -0.3 is 10.6 Å². The van der Waals surface area contributed by atoms with Crippen LogP contribution in [-0.4, -0.2) is 28.4 Å². The van der Waals surface area contributed by atoms with Crippen LogP contribution in [0, 0.1) is 13.8 Å². The van der Waals surface area contributed by atoms with Crippen molar-refractivity contribution in [2.75, 3.05) is 5.32 Å². The molecule has 2 amide bonds. The zero-order valence-electron chi connectivity index (χ0n) is 15.1. The van der Waals surface area contributed by atoms with Crippen molar-refractivity contribution in [3.8, 4) is 0 Å². The van der Waals surface area contributed by atoms with E-state index >= 15 is 0 Å². The third-order valence-electron chi connectivity index (χ3n) is 3.92. The highest BCUT2D eigenvalue weighted by atomic mass is 32.2. The van der Waals surface area contributed by atoms with Crippen LogP contribution in [0.15, 0.2) is 58.7 Å². The fraction of sp³-hybridized carbons (Fsp3) is 0.200. The first-order chi connectivity index (χ1) is 13.0. The van der Waals surface area contributed by atoms with Gasteiger partial charge in [-0.1, -0.05) is 59.3 Å². The first kappa shape index (κ1) is 18.8. The molecule has 0 spiro atoms. The van der Waals surface area contributed by atoms with Gasteiger partial charge in [0.05, 0.1) is 6.21 Å². The maximum Gasteiger partial charge on any atom is 0.240 e. The molecule has 0 aromatic heterocycles. The second kappa shape index (κ2) is 8.64. The number of rotatable bonds is 5. The molecule has 0 saturated carbocycles. The summed E-state index contributed by atoms with van der Waals surface area (Å²) in [6, 6.07) is 15.4. The van der Waals surface area contributed by atoms with E-state index in [4.69, 9.17) is 0 Å². The average Bonchev–Trinajstić information content (AvgIpc) is 2.98. The van der Waals surface area contributed by atoms with Gasteiger partial charge in [0.15, 0.2) is 5.17 Å². The SMILES string of the molecule is Cc1ccc(/C=N/N=C2\NC(=O)C(CC(=O)Nc3ccc(C)cc3)S2)cc1. The van der Waals surface area contributed by atoms with Gasteiger partial charge in [0.2, 0.25) is 11.8 Å². The van der Waals surface area contributed by atoms with Gasteiger partial charge in [-0.15, -0.1) is 5.10 Å². The zero-order chi connectivity index (χ0) is 19.2. The lowest BCUT2D eigenvalue weighted by Crippen LogP contribution is -2.28. The number of nitrogens with one attached hydrogen (secondary N) is 2. The van der Waals surface area contributed by atoms with E-state index in [9.17, 15) is 9.59 Å². The number of amides is 2. The number of amidine groups is 1. The van der Waals surface area contributed by atoms with Crippen LogP contribution in [-0.2, 0) is 9.59 Å². The molecular formula is C20H20N4O2S.